The average Bonchev–Trinajstić information content (AvgIpc) is 2.26. The highest BCUT2D eigenvalue weighted by Gasteiger charge is 2.47. The number of alkyl halides is 6. The van der Waals surface area contributed by atoms with E-state index in [1.807, 2.05) is 0 Å². The minimum atomic E-state index is -5.45. The number of carbonyl (C=O) groups is 1. The lowest BCUT2D eigenvalue weighted by Crippen LogP contribution is -2.23. The standard InChI is InChI=1S/C8H5F6N3O3/c1-2-19-6(18)20-5-15-3(7(9,10)11)4(16-17-5)8(12,13)14/h2H2,1H3. The molecular weight excluding hydrogens is 300 g/mol. The highest BCUT2D eigenvalue weighted by Crippen LogP contribution is 2.37. The summed E-state index contributed by atoms with van der Waals surface area (Å²) >= 11 is 0. The van der Waals surface area contributed by atoms with E-state index >= 15 is 0 Å². The molecule has 0 bridgehead atoms. The molecule has 0 saturated heterocycles. The van der Waals surface area contributed by atoms with Gasteiger partial charge in [0.25, 0.3) is 0 Å². The SMILES string of the molecule is CCOC(=O)Oc1nnc(C(F)(F)F)c(C(F)(F)F)n1. The summed E-state index contributed by atoms with van der Waals surface area (Å²) < 4.78 is 82.5. The van der Waals surface area contributed by atoms with Gasteiger partial charge in [-0.15, -0.1) is 5.10 Å². The number of nitrogens with zero attached hydrogens (tertiary/aromatic N) is 3. The van der Waals surface area contributed by atoms with E-state index in [9.17, 15) is 31.1 Å². The van der Waals surface area contributed by atoms with Gasteiger partial charge in [0.15, 0.2) is 11.4 Å². The van der Waals surface area contributed by atoms with Gasteiger partial charge in [0.2, 0.25) is 0 Å². The first-order chi connectivity index (χ1) is 9.05. The van der Waals surface area contributed by atoms with Crippen LogP contribution in [0.15, 0.2) is 0 Å². The molecule has 112 valence electrons. The number of carbonyl (C=O) groups excluding carboxylic acids is 1. The van der Waals surface area contributed by atoms with Gasteiger partial charge in [0, 0.05) is 0 Å². The second kappa shape index (κ2) is 5.46. The number of rotatable bonds is 2. The van der Waals surface area contributed by atoms with Crippen LogP contribution in [0, 0.1) is 0 Å². The lowest BCUT2D eigenvalue weighted by Gasteiger charge is -2.12. The molecule has 1 rings (SSSR count). The van der Waals surface area contributed by atoms with Crippen molar-refractivity contribution >= 4 is 6.16 Å². The molecule has 0 N–H and O–H groups in total. The molecule has 0 spiro atoms. The molecule has 0 atom stereocenters. The Morgan fingerprint density at radius 3 is 2.05 bits per heavy atom. The third-order valence-corrected chi connectivity index (χ3v) is 1.64. The molecule has 1 heterocycles. The largest absolute Gasteiger partial charge is 0.516 e. The summed E-state index contributed by atoms with van der Waals surface area (Å²) in [6.45, 7) is 1.20. The predicted molar refractivity (Wildman–Crippen MR) is 47.5 cm³/mol. The van der Waals surface area contributed by atoms with Gasteiger partial charge >= 0.3 is 24.5 Å². The molecule has 6 nitrogen and oxygen atoms in total. The van der Waals surface area contributed by atoms with Crippen LogP contribution in [-0.4, -0.2) is 27.9 Å². The van der Waals surface area contributed by atoms with Crippen LogP contribution in [0.25, 0.3) is 0 Å². The van der Waals surface area contributed by atoms with E-state index in [1.54, 1.807) is 0 Å². The lowest BCUT2D eigenvalue weighted by atomic mass is 10.3. The zero-order valence-electron chi connectivity index (χ0n) is 9.54. The Bertz CT molecular complexity index is 501. The second-order valence-electron chi connectivity index (χ2n) is 3.07. The summed E-state index contributed by atoms with van der Waals surface area (Å²) in [5, 5.41) is 4.98. The van der Waals surface area contributed by atoms with Crippen LogP contribution in [0.3, 0.4) is 0 Å². The van der Waals surface area contributed by atoms with Crippen molar-refractivity contribution in [1.82, 2.24) is 15.2 Å². The number of halogens is 6. The van der Waals surface area contributed by atoms with Crippen molar-refractivity contribution in [2.75, 3.05) is 6.61 Å². The van der Waals surface area contributed by atoms with E-state index in [0.717, 1.165) is 0 Å². The number of aromatic nitrogens is 3. The summed E-state index contributed by atoms with van der Waals surface area (Å²) in [6.07, 6.45) is -12.3. The first-order valence-corrected chi connectivity index (χ1v) is 4.79. The van der Waals surface area contributed by atoms with Gasteiger partial charge < -0.3 is 9.47 Å². The van der Waals surface area contributed by atoms with E-state index < -0.39 is 35.9 Å². The first-order valence-electron chi connectivity index (χ1n) is 4.79. The zero-order valence-corrected chi connectivity index (χ0v) is 9.54. The van der Waals surface area contributed by atoms with Crippen molar-refractivity contribution in [2.45, 2.75) is 19.3 Å². The molecule has 0 aliphatic heterocycles. The summed E-state index contributed by atoms with van der Waals surface area (Å²) in [5.74, 6) is 0. The number of hydrogen-bond acceptors (Lipinski definition) is 6. The van der Waals surface area contributed by atoms with Gasteiger partial charge in [-0.2, -0.15) is 31.3 Å². The average molecular weight is 305 g/mol. The molecule has 1 aromatic heterocycles. The van der Waals surface area contributed by atoms with Crippen molar-refractivity contribution in [3.63, 3.8) is 0 Å². The predicted octanol–water partition coefficient (Wildman–Crippen LogP) is 2.44. The van der Waals surface area contributed by atoms with Gasteiger partial charge in [0.1, 0.15) is 0 Å². The Morgan fingerprint density at radius 2 is 1.60 bits per heavy atom. The van der Waals surface area contributed by atoms with Crippen LogP contribution in [-0.2, 0) is 17.1 Å². The van der Waals surface area contributed by atoms with E-state index in [2.05, 4.69) is 24.7 Å². The fraction of sp³-hybridized carbons (Fsp3) is 0.500. The molecule has 0 aromatic carbocycles. The van der Waals surface area contributed by atoms with Crippen molar-refractivity contribution in [3.8, 4) is 6.01 Å². The van der Waals surface area contributed by atoms with Gasteiger partial charge in [-0.25, -0.2) is 4.79 Å². The van der Waals surface area contributed by atoms with Gasteiger partial charge in [0.05, 0.1) is 6.61 Å². The highest BCUT2D eigenvalue weighted by atomic mass is 19.4. The maximum atomic E-state index is 12.4. The fourth-order valence-corrected chi connectivity index (χ4v) is 0.965. The molecule has 0 aliphatic rings. The van der Waals surface area contributed by atoms with Gasteiger partial charge in [-0.1, -0.05) is 5.10 Å². The molecule has 1 aromatic rings. The van der Waals surface area contributed by atoms with Crippen LogP contribution < -0.4 is 4.74 Å². The van der Waals surface area contributed by atoms with Crippen LogP contribution >= 0.6 is 0 Å². The summed E-state index contributed by atoms with van der Waals surface area (Å²) in [7, 11) is 0. The Labute approximate surface area is 106 Å². The molecule has 0 aliphatic carbocycles. The van der Waals surface area contributed by atoms with Crippen molar-refractivity contribution < 1.29 is 40.6 Å². The highest BCUT2D eigenvalue weighted by molar-refractivity contribution is 5.62. The quantitative estimate of drug-likeness (QED) is 0.617. The van der Waals surface area contributed by atoms with E-state index in [-0.39, 0.29) is 6.61 Å². The van der Waals surface area contributed by atoms with Crippen LogP contribution in [0.1, 0.15) is 18.3 Å². The van der Waals surface area contributed by atoms with Crippen LogP contribution in [0.5, 0.6) is 6.01 Å². The van der Waals surface area contributed by atoms with Crippen LogP contribution in [0.4, 0.5) is 31.1 Å². The Balaban J connectivity index is 3.19. The smallest absolute Gasteiger partial charge is 0.434 e. The fourth-order valence-electron chi connectivity index (χ4n) is 0.965. The number of hydrogen-bond donors (Lipinski definition) is 0. The monoisotopic (exact) mass is 305 g/mol. The third kappa shape index (κ3) is 3.93. The third-order valence-electron chi connectivity index (χ3n) is 1.64. The maximum Gasteiger partial charge on any atom is 0.516 e. The van der Waals surface area contributed by atoms with E-state index in [0.29, 0.717) is 0 Å². The van der Waals surface area contributed by atoms with Gasteiger partial charge in [-0.3, -0.25) is 0 Å². The summed E-state index contributed by atoms with van der Waals surface area (Å²) in [4.78, 5) is 13.3. The topological polar surface area (TPSA) is 74.2 Å². The minimum absolute atomic E-state index is 0.168. The lowest BCUT2D eigenvalue weighted by molar-refractivity contribution is -0.168. The van der Waals surface area contributed by atoms with Crippen molar-refractivity contribution in [2.24, 2.45) is 0 Å². The Morgan fingerprint density at radius 1 is 1.05 bits per heavy atom. The number of ether oxygens (including phenoxy) is 2. The summed E-state index contributed by atoms with van der Waals surface area (Å²) in [5.41, 5.74) is -4.69. The van der Waals surface area contributed by atoms with Crippen molar-refractivity contribution in [1.29, 1.82) is 0 Å². The zero-order chi connectivity index (χ0) is 15.6. The molecule has 0 saturated carbocycles. The molecule has 0 amide bonds. The molecule has 0 radical (unpaired) electrons. The normalized spacial score (nSPS) is 12.2. The first kappa shape index (κ1) is 15.9. The Hall–Kier alpha value is -2.14. The van der Waals surface area contributed by atoms with Crippen LogP contribution in [0.2, 0.25) is 0 Å². The Kier molecular flexibility index (Phi) is 4.35. The molecule has 12 heteroatoms. The molecular formula is C8H5F6N3O3. The molecule has 20 heavy (non-hydrogen) atoms. The van der Waals surface area contributed by atoms with E-state index in [1.165, 1.54) is 6.92 Å². The maximum absolute atomic E-state index is 12.4. The molecule has 0 fully saturated rings. The summed E-state index contributed by atoms with van der Waals surface area (Å²) in [6, 6.07) is -1.30. The van der Waals surface area contributed by atoms with Crippen molar-refractivity contribution in [3.05, 3.63) is 11.4 Å². The molecule has 0 unspecified atom stereocenters. The van der Waals surface area contributed by atoms with E-state index in [4.69, 9.17) is 0 Å². The second-order valence-corrected chi connectivity index (χ2v) is 3.07. The minimum Gasteiger partial charge on any atom is -0.434 e. The van der Waals surface area contributed by atoms with Gasteiger partial charge in [-0.05, 0) is 6.92 Å².